The lowest BCUT2D eigenvalue weighted by atomic mass is 10.1. The Hall–Kier alpha value is -2.52. The van der Waals surface area contributed by atoms with Gasteiger partial charge in [0.05, 0.1) is 26.9 Å². The molecule has 0 aliphatic carbocycles. The van der Waals surface area contributed by atoms with Crippen LogP contribution in [-0.4, -0.2) is 86.1 Å². The normalized spacial score (nSPS) is 21.0. The van der Waals surface area contributed by atoms with Crippen LogP contribution in [0.1, 0.15) is 37.7 Å². The van der Waals surface area contributed by atoms with Crippen molar-refractivity contribution < 1.29 is 28.8 Å². The highest BCUT2D eigenvalue weighted by Gasteiger charge is 2.33. The molecule has 2 aliphatic rings. The van der Waals surface area contributed by atoms with Gasteiger partial charge in [-0.2, -0.15) is 0 Å². The van der Waals surface area contributed by atoms with Gasteiger partial charge in [-0.15, -0.1) is 0 Å². The van der Waals surface area contributed by atoms with E-state index in [1.807, 2.05) is 35.2 Å². The number of hydrogen-bond donors (Lipinski definition) is 1. The monoisotopic (exact) mass is 546 g/mol. The Balaban J connectivity index is 1.29. The van der Waals surface area contributed by atoms with E-state index >= 15 is 0 Å². The van der Waals surface area contributed by atoms with E-state index in [4.69, 9.17) is 30.5 Å². The first-order chi connectivity index (χ1) is 18.4. The number of amides is 1. The number of β-amino-alcohol motifs (C(OH)–C–C–N with tert-alkyl or cyclic N) is 1. The molecule has 2 saturated heterocycles. The van der Waals surface area contributed by atoms with Gasteiger partial charge >= 0.3 is 0 Å². The summed E-state index contributed by atoms with van der Waals surface area (Å²) in [5.74, 6) is 2.22. The van der Waals surface area contributed by atoms with E-state index < -0.39 is 5.60 Å². The molecule has 2 aromatic carbocycles. The molecule has 1 N–H and O–H groups in total. The number of aliphatic hydroxyl groups is 1. The van der Waals surface area contributed by atoms with Gasteiger partial charge in [-0.1, -0.05) is 30.2 Å². The Labute approximate surface area is 230 Å². The standard InChI is InChI=1S/C29H39ClN2O6/c1-35-27-17-23(10-11-26(27)37-15-6-13-32-12-4-2-3-9-28(32)33)19-31-14-16-36-21-29(34,20-31)22-38-25-8-5-7-24(30)18-25/h5,7-8,10-11,17-18,34H,2-4,6,9,12-16,19-22H2,1H3. The fourth-order valence-corrected chi connectivity index (χ4v) is 5.07. The van der Waals surface area contributed by atoms with Crippen molar-refractivity contribution in [3.05, 3.63) is 53.1 Å². The fourth-order valence-electron chi connectivity index (χ4n) is 4.89. The van der Waals surface area contributed by atoms with E-state index in [9.17, 15) is 9.90 Å². The van der Waals surface area contributed by atoms with Crippen LogP contribution in [0.2, 0.25) is 5.02 Å². The van der Waals surface area contributed by atoms with Gasteiger partial charge in [0, 0.05) is 44.2 Å². The van der Waals surface area contributed by atoms with Crippen molar-refractivity contribution in [2.75, 3.05) is 59.7 Å². The van der Waals surface area contributed by atoms with Crippen LogP contribution < -0.4 is 14.2 Å². The lowest BCUT2D eigenvalue weighted by Crippen LogP contribution is -2.48. The first kappa shape index (κ1) is 28.5. The van der Waals surface area contributed by atoms with Crippen LogP contribution >= 0.6 is 11.6 Å². The minimum Gasteiger partial charge on any atom is -0.493 e. The topological polar surface area (TPSA) is 80.7 Å². The zero-order valence-electron chi connectivity index (χ0n) is 22.2. The smallest absolute Gasteiger partial charge is 0.222 e. The summed E-state index contributed by atoms with van der Waals surface area (Å²) in [6.45, 7) is 4.63. The summed E-state index contributed by atoms with van der Waals surface area (Å²) < 4.78 is 23.1. The second kappa shape index (κ2) is 14.0. The molecule has 1 amide bonds. The number of carbonyl (C=O) groups excluding carboxylic acids is 1. The summed E-state index contributed by atoms with van der Waals surface area (Å²) in [7, 11) is 1.63. The van der Waals surface area contributed by atoms with Crippen molar-refractivity contribution in [1.29, 1.82) is 0 Å². The van der Waals surface area contributed by atoms with Crippen LogP contribution in [0, 0.1) is 0 Å². The van der Waals surface area contributed by atoms with Gasteiger partial charge in [0.1, 0.15) is 18.0 Å². The van der Waals surface area contributed by atoms with E-state index in [0.717, 1.165) is 44.3 Å². The maximum Gasteiger partial charge on any atom is 0.222 e. The van der Waals surface area contributed by atoms with Crippen LogP contribution in [0.3, 0.4) is 0 Å². The minimum atomic E-state index is -1.15. The third-order valence-electron chi connectivity index (χ3n) is 6.88. The first-order valence-electron chi connectivity index (χ1n) is 13.4. The number of hydrogen-bond acceptors (Lipinski definition) is 7. The molecule has 8 nitrogen and oxygen atoms in total. The van der Waals surface area contributed by atoms with Crippen molar-refractivity contribution in [1.82, 2.24) is 9.80 Å². The second-order valence-electron chi connectivity index (χ2n) is 10.1. The maximum atomic E-state index is 12.2. The average Bonchev–Trinajstić information content (AvgIpc) is 3.23. The molecule has 2 aromatic rings. The third-order valence-corrected chi connectivity index (χ3v) is 7.11. The van der Waals surface area contributed by atoms with Gasteiger partial charge in [-0.3, -0.25) is 9.69 Å². The van der Waals surface area contributed by atoms with Crippen LogP contribution in [-0.2, 0) is 16.1 Å². The minimum absolute atomic E-state index is 0.100. The molecule has 0 radical (unpaired) electrons. The van der Waals surface area contributed by atoms with Crippen LogP contribution in [0.25, 0.3) is 0 Å². The molecule has 2 heterocycles. The summed E-state index contributed by atoms with van der Waals surface area (Å²) >= 11 is 6.05. The quantitative estimate of drug-likeness (QED) is 0.424. The molecule has 0 saturated carbocycles. The summed E-state index contributed by atoms with van der Waals surface area (Å²) in [5, 5.41) is 11.8. The van der Waals surface area contributed by atoms with Gasteiger partial charge in [0.2, 0.25) is 5.91 Å². The Morgan fingerprint density at radius 1 is 1.08 bits per heavy atom. The summed E-state index contributed by atoms with van der Waals surface area (Å²) in [5.41, 5.74) is -0.106. The molecule has 38 heavy (non-hydrogen) atoms. The second-order valence-corrected chi connectivity index (χ2v) is 10.5. The predicted molar refractivity (Wildman–Crippen MR) is 146 cm³/mol. The highest BCUT2D eigenvalue weighted by molar-refractivity contribution is 6.30. The van der Waals surface area contributed by atoms with E-state index in [0.29, 0.717) is 61.5 Å². The molecule has 208 valence electrons. The Kier molecular flexibility index (Phi) is 10.5. The highest BCUT2D eigenvalue weighted by Crippen LogP contribution is 2.29. The number of ether oxygens (including phenoxy) is 4. The zero-order valence-corrected chi connectivity index (χ0v) is 23.0. The molecule has 2 aliphatic heterocycles. The summed E-state index contributed by atoms with van der Waals surface area (Å²) in [4.78, 5) is 16.3. The number of benzene rings is 2. The SMILES string of the molecule is COc1cc(CN2CCOCC(O)(COc3cccc(Cl)c3)C2)ccc1OCCCN1CCCCCC1=O. The fraction of sp³-hybridized carbons (Fsp3) is 0.552. The number of carbonyl (C=O) groups is 1. The maximum absolute atomic E-state index is 12.2. The Bertz CT molecular complexity index is 1050. The van der Waals surface area contributed by atoms with Crippen LogP contribution in [0.15, 0.2) is 42.5 Å². The van der Waals surface area contributed by atoms with Crippen molar-refractivity contribution in [2.45, 2.75) is 44.2 Å². The third kappa shape index (κ3) is 8.50. The van der Waals surface area contributed by atoms with Gasteiger partial charge in [0.15, 0.2) is 11.5 Å². The predicted octanol–water partition coefficient (Wildman–Crippen LogP) is 4.16. The van der Waals surface area contributed by atoms with E-state index in [-0.39, 0.29) is 19.1 Å². The molecular weight excluding hydrogens is 508 g/mol. The van der Waals surface area contributed by atoms with E-state index in [1.165, 1.54) is 0 Å². The summed E-state index contributed by atoms with van der Waals surface area (Å²) in [6, 6.07) is 13.1. The molecular formula is C29H39ClN2O6. The van der Waals surface area contributed by atoms with Crippen molar-refractivity contribution in [2.24, 2.45) is 0 Å². The van der Waals surface area contributed by atoms with Crippen molar-refractivity contribution >= 4 is 17.5 Å². The lowest BCUT2D eigenvalue weighted by Gasteiger charge is -2.30. The number of methoxy groups -OCH3 is 1. The van der Waals surface area contributed by atoms with Gasteiger partial charge in [0.25, 0.3) is 0 Å². The molecule has 0 aromatic heterocycles. The lowest BCUT2D eigenvalue weighted by molar-refractivity contribution is -0.130. The molecule has 1 atom stereocenters. The number of likely N-dealkylation sites (tertiary alicyclic amines) is 1. The van der Waals surface area contributed by atoms with E-state index in [2.05, 4.69) is 4.90 Å². The first-order valence-corrected chi connectivity index (χ1v) is 13.8. The number of rotatable bonds is 11. The molecule has 1 unspecified atom stereocenters. The van der Waals surface area contributed by atoms with Gasteiger partial charge in [-0.25, -0.2) is 0 Å². The Morgan fingerprint density at radius 3 is 2.82 bits per heavy atom. The molecule has 2 fully saturated rings. The Morgan fingerprint density at radius 2 is 1.97 bits per heavy atom. The number of halogens is 1. The van der Waals surface area contributed by atoms with Crippen molar-refractivity contribution in [3.63, 3.8) is 0 Å². The highest BCUT2D eigenvalue weighted by atomic mass is 35.5. The van der Waals surface area contributed by atoms with Gasteiger partial charge in [-0.05, 0) is 55.2 Å². The average molecular weight is 547 g/mol. The van der Waals surface area contributed by atoms with Crippen LogP contribution in [0.5, 0.6) is 17.2 Å². The van der Waals surface area contributed by atoms with Crippen LogP contribution in [0.4, 0.5) is 0 Å². The largest absolute Gasteiger partial charge is 0.493 e. The molecule has 4 rings (SSSR count). The number of nitrogens with zero attached hydrogens (tertiary/aromatic N) is 2. The molecule has 9 heteroatoms. The molecule has 0 bridgehead atoms. The zero-order chi connectivity index (χ0) is 26.8. The molecule has 0 spiro atoms. The van der Waals surface area contributed by atoms with Crippen molar-refractivity contribution in [3.8, 4) is 17.2 Å². The van der Waals surface area contributed by atoms with Gasteiger partial charge < -0.3 is 29.0 Å². The summed E-state index contributed by atoms with van der Waals surface area (Å²) in [6.07, 6.45) is 4.64. The van der Waals surface area contributed by atoms with E-state index in [1.54, 1.807) is 19.2 Å².